The molecule has 0 aromatic heterocycles. The number of carbonyl (C=O) groups is 1. The first kappa shape index (κ1) is 16.4. The molecule has 0 saturated carbocycles. The first-order valence-electron chi connectivity index (χ1n) is 6.82. The van der Waals surface area contributed by atoms with Crippen molar-refractivity contribution in [1.82, 2.24) is 0 Å². The number of aromatic hydroxyl groups is 2. The van der Waals surface area contributed by atoms with Crippen LogP contribution in [0, 0.1) is 0 Å². The van der Waals surface area contributed by atoms with Gasteiger partial charge in [-0.2, -0.15) is 0 Å². The van der Waals surface area contributed by atoms with Crippen LogP contribution in [-0.2, 0) is 0 Å². The molecule has 0 aliphatic heterocycles. The SMILES string of the molecule is COc1ccc(C(=O)CN=Cc2cc(OC)ccc2O)c(O)c1. The summed E-state index contributed by atoms with van der Waals surface area (Å²) in [5, 5.41) is 19.5. The average Bonchev–Trinajstić information content (AvgIpc) is 2.56. The maximum atomic E-state index is 12.1. The lowest BCUT2D eigenvalue weighted by Gasteiger charge is -2.05. The Morgan fingerprint density at radius 2 is 1.70 bits per heavy atom. The van der Waals surface area contributed by atoms with Gasteiger partial charge in [-0.25, -0.2) is 0 Å². The molecule has 23 heavy (non-hydrogen) atoms. The lowest BCUT2D eigenvalue weighted by molar-refractivity contribution is 0.0999. The van der Waals surface area contributed by atoms with Gasteiger partial charge in [-0.05, 0) is 30.3 Å². The molecule has 0 aliphatic carbocycles. The number of aliphatic imine (C=N–C) groups is 1. The van der Waals surface area contributed by atoms with E-state index in [9.17, 15) is 15.0 Å². The molecule has 0 unspecified atom stereocenters. The van der Waals surface area contributed by atoms with Crippen LogP contribution in [0.1, 0.15) is 15.9 Å². The number of rotatable bonds is 6. The maximum absolute atomic E-state index is 12.1. The van der Waals surface area contributed by atoms with Crippen molar-refractivity contribution in [3.05, 3.63) is 47.5 Å². The van der Waals surface area contributed by atoms with Gasteiger partial charge in [0.2, 0.25) is 0 Å². The molecule has 0 spiro atoms. The summed E-state index contributed by atoms with van der Waals surface area (Å²) in [6, 6.07) is 9.14. The molecule has 0 aliphatic rings. The van der Waals surface area contributed by atoms with E-state index in [4.69, 9.17) is 9.47 Å². The number of methoxy groups -OCH3 is 2. The normalized spacial score (nSPS) is 10.7. The van der Waals surface area contributed by atoms with E-state index in [-0.39, 0.29) is 29.4 Å². The molecule has 0 bridgehead atoms. The molecule has 6 nitrogen and oxygen atoms in total. The van der Waals surface area contributed by atoms with Crippen LogP contribution < -0.4 is 9.47 Å². The highest BCUT2D eigenvalue weighted by Gasteiger charge is 2.11. The fraction of sp³-hybridized carbons (Fsp3) is 0.176. The van der Waals surface area contributed by atoms with Crippen molar-refractivity contribution in [2.24, 2.45) is 4.99 Å². The van der Waals surface area contributed by atoms with E-state index in [2.05, 4.69) is 4.99 Å². The van der Waals surface area contributed by atoms with E-state index in [1.165, 1.54) is 38.6 Å². The van der Waals surface area contributed by atoms with E-state index in [1.54, 1.807) is 18.2 Å². The molecule has 6 heteroatoms. The minimum Gasteiger partial charge on any atom is -0.507 e. The van der Waals surface area contributed by atoms with Crippen LogP contribution in [0.4, 0.5) is 0 Å². The fourth-order valence-electron chi connectivity index (χ4n) is 1.95. The first-order chi connectivity index (χ1) is 11.0. The van der Waals surface area contributed by atoms with Crippen LogP contribution in [0.15, 0.2) is 41.4 Å². The second kappa shape index (κ2) is 7.31. The molecule has 0 heterocycles. The minimum atomic E-state index is -0.344. The Labute approximate surface area is 133 Å². The largest absolute Gasteiger partial charge is 0.507 e. The van der Waals surface area contributed by atoms with Gasteiger partial charge < -0.3 is 19.7 Å². The van der Waals surface area contributed by atoms with E-state index in [0.29, 0.717) is 17.1 Å². The number of Topliss-reactive ketones (excluding diaryl/α,β-unsaturated/α-hetero) is 1. The first-order valence-corrected chi connectivity index (χ1v) is 6.82. The summed E-state index contributed by atoms with van der Waals surface area (Å²) in [6.07, 6.45) is 1.39. The zero-order chi connectivity index (χ0) is 16.8. The van der Waals surface area contributed by atoms with Crippen molar-refractivity contribution in [3.63, 3.8) is 0 Å². The molecular formula is C17H17NO5. The zero-order valence-electron chi connectivity index (χ0n) is 12.8. The van der Waals surface area contributed by atoms with Crippen molar-refractivity contribution in [2.45, 2.75) is 0 Å². The lowest BCUT2D eigenvalue weighted by atomic mass is 10.1. The molecule has 2 aromatic rings. The third-order valence-electron chi connectivity index (χ3n) is 3.21. The number of nitrogens with zero attached hydrogens (tertiary/aromatic N) is 1. The Balaban J connectivity index is 2.10. The highest BCUT2D eigenvalue weighted by Crippen LogP contribution is 2.24. The number of ether oxygens (including phenoxy) is 2. The van der Waals surface area contributed by atoms with Crippen molar-refractivity contribution in [1.29, 1.82) is 0 Å². The van der Waals surface area contributed by atoms with E-state index in [1.807, 2.05) is 0 Å². The Bertz CT molecular complexity index is 740. The Morgan fingerprint density at radius 1 is 1.04 bits per heavy atom. The summed E-state index contributed by atoms with van der Waals surface area (Å²) in [5.74, 6) is 0.569. The highest BCUT2D eigenvalue weighted by atomic mass is 16.5. The Morgan fingerprint density at radius 3 is 2.35 bits per heavy atom. The molecule has 2 N–H and O–H groups in total. The average molecular weight is 315 g/mol. The summed E-state index contributed by atoms with van der Waals surface area (Å²) in [5.41, 5.74) is 0.605. The van der Waals surface area contributed by atoms with Gasteiger partial charge in [0.25, 0.3) is 0 Å². The van der Waals surface area contributed by atoms with Gasteiger partial charge in [-0.15, -0.1) is 0 Å². The van der Waals surface area contributed by atoms with E-state index >= 15 is 0 Å². The molecule has 0 atom stereocenters. The van der Waals surface area contributed by atoms with Crippen LogP contribution in [0.5, 0.6) is 23.0 Å². The van der Waals surface area contributed by atoms with Crippen LogP contribution >= 0.6 is 0 Å². The summed E-state index contributed by atoms with van der Waals surface area (Å²) in [7, 11) is 2.99. The second-order valence-corrected chi connectivity index (χ2v) is 4.70. The van der Waals surface area contributed by atoms with Gasteiger partial charge in [0.05, 0.1) is 19.8 Å². The van der Waals surface area contributed by atoms with Crippen molar-refractivity contribution in [2.75, 3.05) is 20.8 Å². The highest BCUT2D eigenvalue weighted by molar-refractivity contribution is 6.01. The summed E-state index contributed by atoms with van der Waals surface area (Å²) in [6.45, 7) is -0.156. The van der Waals surface area contributed by atoms with E-state index in [0.717, 1.165) is 0 Å². The third-order valence-corrected chi connectivity index (χ3v) is 3.21. The van der Waals surface area contributed by atoms with Gasteiger partial charge in [0, 0.05) is 17.8 Å². The number of phenols is 2. The Kier molecular flexibility index (Phi) is 5.19. The molecule has 0 amide bonds. The smallest absolute Gasteiger partial charge is 0.187 e. The number of carbonyl (C=O) groups excluding carboxylic acids is 1. The number of benzene rings is 2. The topological polar surface area (TPSA) is 88.4 Å². The standard InChI is InChI=1S/C17H17NO5/c1-22-12-4-6-15(19)11(7-12)9-18-10-17(21)14-5-3-13(23-2)8-16(14)20/h3-9,19-20H,10H2,1-2H3. The van der Waals surface area contributed by atoms with Gasteiger partial charge in [-0.3, -0.25) is 9.79 Å². The third kappa shape index (κ3) is 4.00. The Hall–Kier alpha value is -3.02. The maximum Gasteiger partial charge on any atom is 0.187 e. The summed E-state index contributed by atoms with van der Waals surface area (Å²) >= 11 is 0. The molecular weight excluding hydrogens is 298 g/mol. The number of phenolic OH excluding ortho intramolecular Hbond substituents is 2. The van der Waals surface area contributed by atoms with Crippen LogP contribution in [-0.4, -0.2) is 43.0 Å². The number of hydrogen-bond donors (Lipinski definition) is 2. The quantitative estimate of drug-likeness (QED) is 0.631. The van der Waals surface area contributed by atoms with Crippen LogP contribution in [0.25, 0.3) is 0 Å². The molecule has 0 radical (unpaired) electrons. The number of ketones is 1. The van der Waals surface area contributed by atoms with Gasteiger partial charge in [-0.1, -0.05) is 0 Å². The summed E-state index contributed by atoms with van der Waals surface area (Å²) < 4.78 is 10.0. The minimum absolute atomic E-state index is 0.0364. The lowest BCUT2D eigenvalue weighted by Crippen LogP contribution is -2.04. The monoisotopic (exact) mass is 315 g/mol. The molecule has 120 valence electrons. The van der Waals surface area contributed by atoms with Crippen molar-refractivity contribution < 1.29 is 24.5 Å². The zero-order valence-corrected chi connectivity index (χ0v) is 12.8. The summed E-state index contributed by atoms with van der Waals surface area (Å²) in [4.78, 5) is 16.1. The second-order valence-electron chi connectivity index (χ2n) is 4.70. The molecule has 0 fully saturated rings. The molecule has 2 rings (SSSR count). The predicted molar refractivity (Wildman–Crippen MR) is 86.1 cm³/mol. The van der Waals surface area contributed by atoms with Gasteiger partial charge in [0.1, 0.15) is 29.5 Å². The molecule has 2 aromatic carbocycles. The van der Waals surface area contributed by atoms with Crippen LogP contribution in [0.2, 0.25) is 0 Å². The molecule has 0 saturated heterocycles. The van der Waals surface area contributed by atoms with Crippen LogP contribution in [0.3, 0.4) is 0 Å². The van der Waals surface area contributed by atoms with Crippen molar-refractivity contribution >= 4 is 12.0 Å². The number of hydrogen-bond acceptors (Lipinski definition) is 6. The predicted octanol–water partition coefficient (Wildman–Crippen LogP) is 2.42. The fourth-order valence-corrected chi connectivity index (χ4v) is 1.95. The van der Waals surface area contributed by atoms with Crippen molar-refractivity contribution in [3.8, 4) is 23.0 Å². The van der Waals surface area contributed by atoms with Gasteiger partial charge >= 0.3 is 0 Å². The van der Waals surface area contributed by atoms with Gasteiger partial charge in [0.15, 0.2) is 5.78 Å². The van der Waals surface area contributed by atoms with E-state index < -0.39 is 0 Å².